The van der Waals surface area contributed by atoms with Crippen LogP contribution in [0.1, 0.15) is 17.0 Å². The Morgan fingerprint density at radius 2 is 2.36 bits per heavy atom. The van der Waals surface area contributed by atoms with Gasteiger partial charge in [-0.2, -0.15) is 16.9 Å². The Kier molecular flexibility index (Phi) is 1.68. The molecule has 0 saturated carbocycles. The van der Waals surface area contributed by atoms with E-state index < -0.39 is 0 Å². The number of hydrogen-bond donors (Lipinski definition) is 0. The van der Waals surface area contributed by atoms with E-state index in [0.717, 1.165) is 5.75 Å². The summed E-state index contributed by atoms with van der Waals surface area (Å²) in [5.74, 6) is 2.41. The van der Waals surface area contributed by atoms with Crippen LogP contribution in [0.25, 0.3) is 0 Å². The number of aromatic nitrogens is 2. The van der Waals surface area contributed by atoms with Crippen molar-refractivity contribution in [3.8, 4) is 0 Å². The van der Waals surface area contributed by atoms with Crippen molar-refractivity contribution in [2.45, 2.75) is 19.1 Å². The first-order chi connectivity index (χ1) is 5.29. The second-order valence-corrected chi connectivity index (χ2v) is 4.04. The summed E-state index contributed by atoms with van der Waals surface area (Å²) in [6.45, 7) is 2.11. The summed E-state index contributed by atoms with van der Waals surface area (Å²) in [5, 5.41) is 4.40. The van der Waals surface area contributed by atoms with Gasteiger partial charge in [-0.15, -0.1) is 0 Å². The standard InChI is InChI=1S/C8H12N2S/c1-6-7-3-4-11-5-8(7)10(2)9-6/h3-5H2,1-2H3. The van der Waals surface area contributed by atoms with Crippen molar-refractivity contribution in [3.63, 3.8) is 0 Å². The first-order valence-electron chi connectivity index (χ1n) is 3.88. The van der Waals surface area contributed by atoms with Crippen LogP contribution < -0.4 is 0 Å². The lowest BCUT2D eigenvalue weighted by molar-refractivity contribution is 0.725. The molecule has 0 fully saturated rings. The molecule has 1 aromatic rings. The fourth-order valence-corrected chi connectivity index (χ4v) is 2.65. The lowest BCUT2D eigenvalue weighted by Gasteiger charge is -2.11. The van der Waals surface area contributed by atoms with Gasteiger partial charge >= 0.3 is 0 Å². The van der Waals surface area contributed by atoms with Gasteiger partial charge in [0.25, 0.3) is 0 Å². The normalized spacial score (nSPS) is 16.5. The van der Waals surface area contributed by atoms with Crippen LogP contribution in [0.4, 0.5) is 0 Å². The topological polar surface area (TPSA) is 17.8 Å². The summed E-state index contributed by atoms with van der Waals surface area (Å²) in [7, 11) is 2.04. The van der Waals surface area contributed by atoms with Gasteiger partial charge in [-0.1, -0.05) is 0 Å². The molecule has 0 amide bonds. The second kappa shape index (κ2) is 2.55. The molecular weight excluding hydrogens is 156 g/mol. The summed E-state index contributed by atoms with van der Waals surface area (Å²) in [6.07, 6.45) is 1.21. The van der Waals surface area contributed by atoms with E-state index in [9.17, 15) is 0 Å². The maximum absolute atomic E-state index is 4.40. The zero-order valence-electron chi connectivity index (χ0n) is 6.92. The van der Waals surface area contributed by atoms with Gasteiger partial charge in [0, 0.05) is 12.8 Å². The Balaban J connectivity index is 2.52. The van der Waals surface area contributed by atoms with Crippen molar-refractivity contribution < 1.29 is 0 Å². The molecular formula is C8H12N2S. The van der Waals surface area contributed by atoms with E-state index in [1.807, 2.05) is 23.5 Å². The highest BCUT2D eigenvalue weighted by atomic mass is 32.2. The van der Waals surface area contributed by atoms with Gasteiger partial charge in [0.1, 0.15) is 0 Å². The van der Waals surface area contributed by atoms with E-state index in [-0.39, 0.29) is 0 Å². The van der Waals surface area contributed by atoms with E-state index in [0.29, 0.717) is 0 Å². The van der Waals surface area contributed by atoms with Gasteiger partial charge in [0.05, 0.1) is 11.4 Å². The Hall–Kier alpha value is -0.440. The number of rotatable bonds is 0. The van der Waals surface area contributed by atoms with Gasteiger partial charge in [-0.25, -0.2) is 0 Å². The molecule has 0 saturated heterocycles. The van der Waals surface area contributed by atoms with Gasteiger partial charge in [-0.3, -0.25) is 4.68 Å². The summed E-state index contributed by atoms with van der Waals surface area (Å²) in [4.78, 5) is 0. The second-order valence-electron chi connectivity index (χ2n) is 2.94. The molecule has 1 aromatic heterocycles. The molecule has 0 bridgehead atoms. The monoisotopic (exact) mass is 168 g/mol. The van der Waals surface area contributed by atoms with Gasteiger partial charge in [0.2, 0.25) is 0 Å². The first kappa shape index (κ1) is 7.22. The number of thioether (sulfide) groups is 1. The van der Waals surface area contributed by atoms with Crippen LogP contribution in [-0.2, 0) is 19.2 Å². The highest BCUT2D eigenvalue weighted by Crippen LogP contribution is 2.25. The average Bonchev–Trinajstić information content (AvgIpc) is 2.30. The molecule has 11 heavy (non-hydrogen) atoms. The molecule has 0 spiro atoms. The molecule has 60 valence electrons. The minimum Gasteiger partial charge on any atom is -0.271 e. The van der Waals surface area contributed by atoms with Crippen LogP contribution in [-0.4, -0.2) is 15.5 Å². The van der Waals surface area contributed by atoms with Crippen molar-refractivity contribution in [2.24, 2.45) is 7.05 Å². The number of aryl methyl sites for hydroxylation is 2. The lowest BCUT2D eigenvalue weighted by atomic mass is 10.1. The van der Waals surface area contributed by atoms with Crippen LogP contribution in [0.15, 0.2) is 0 Å². The van der Waals surface area contributed by atoms with E-state index >= 15 is 0 Å². The summed E-state index contributed by atoms with van der Waals surface area (Å²) < 4.78 is 2.02. The van der Waals surface area contributed by atoms with Gasteiger partial charge in [0.15, 0.2) is 0 Å². The fraction of sp³-hybridized carbons (Fsp3) is 0.625. The Labute approximate surface area is 71.0 Å². The molecule has 1 aliphatic heterocycles. The van der Waals surface area contributed by atoms with E-state index in [1.54, 1.807) is 0 Å². The molecule has 0 atom stereocenters. The maximum Gasteiger partial charge on any atom is 0.0629 e. The highest BCUT2D eigenvalue weighted by Gasteiger charge is 2.16. The molecule has 2 nitrogen and oxygen atoms in total. The van der Waals surface area contributed by atoms with Crippen LogP contribution in [0.5, 0.6) is 0 Å². The minimum atomic E-state index is 1.15. The van der Waals surface area contributed by atoms with E-state index in [4.69, 9.17) is 0 Å². The smallest absolute Gasteiger partial charge is 0.0629 e. The minimum absolute atomic E-state index is 1.15. The van der Waals surface area contributed by atoms with Crippen molar-refractivity contribution in [1.82, 2.24) is 9.78 Å². The highest BCUT2D eigenvalue weighted by molar-refractivity contribution is 7.98. The number of nitrogens with zero attached hydrogens (tertiary/aromatic N) is 2. The zero-order chi connectivity index (χ0) is 7.84. The summed E-state index contributed by atoms with van der Waals surface area (Å²) >= 11 is 2.00. The Morgan fingerprint density at radius 3 is 3.09 bits per heavy atom. The van der Waals surface area contributed by atoms with Crippen molar-refractivity contribution >= 4 is 11.8 Å². The molecule has 2 rings (SSSR count). The van der Waals surface area contributed by atoms with Gasteiger partial charge in [-0.05, 0) is 24.7 Å². The SMILES string of the molecule is Cc1nn(C)c2c1CCSC2. The molecule has 0 aliphatic carbocycles. The Bertz CT molecular complexity index is 251. The van der Waals surface area contributed by atoms with Crippen LogP contribution in [0, 0.1) is 6.92 Å². The predicted octanol–water partition coefficient (Wildman–Crippen LogP) is 1.52. The quantitative estimate of drug-likeness (QED) is 0.584. The summed E-state index contributed by atoms with van der Waals surface area (Å²) in [6, 6.07) is 0. The third kappa shape index (κ3) is 1.07. The third-order valence-electron chi connectivity index (χ3n) is 2.21. The summed E-state index contributed by atoms with van der Waals surface area (Å²) in [5.41, 5.74) is 4.15. The maximum atomic E-state index is 4.40. The van der Waals surface area contributed by atoms with Crippen LogP contribution in [0.2, 0.25) is 0 Å². The molecule has 3 heteroatoms. The molecule has 0 radical (unpaired) electrons. The zero-order valence-corrected chi connectivity index (χ0v) is 7.74. The number of hydrogen-bond acceptors (Lipinski definition) is 2. The molecule has 0 N–H and O–H groups in total. The lowest BCUT2D eigenvalue weighted by Crippen LogP contribution is -2.04. The third-order valence-corrected chi connectivity index (χ3v) is 3.18. The van der Waals surface area contributed by atoms with Crippen LogP contribution >= 0.6 is 11.8 Å². The first-order valence-corrected chi connectivity index (χ1v) is 5.03. The van der Waals surface area contributed by atoms with Crippen LogP contribution in [0.3, 0.4) is 0 Å². The van der Waals surface area contributed by atoms with Crippen molar-refractivity contribution in [3.05, 3.63) is 17.0 Å². The fourth-order valence-electron chi connectivity index (χ4n) is 1.60. The van der Waals surface area contributed by atoms with E-state index in [2.05, 4.69) is 12.0 Å². The molecule has 2 heterocycles. The molecule has 0 aromatic carbocycles. The largest absolute Gasteiger partial charge is 0.271 e. The predicted molar refractivity (Wildman–Crippen MR) is 47.8 cm³/mol. The van der Waals surface area contributed by atoms with E-state index in [1.165, 1.54) is 29.1 Å². The molecule has 0 unspecified atom stereocenters. The number of fused-ring (bicyclic) bond motifs is 1. The molecule has 1 aliphatic rings. The van der Waals surface area contributed by atoms with Gasteiger partial charge < -0.3 is 0 Å². The van der Waals surface area contributed by atoms with Crippen molar-refractivity contribution in [2.75, 3.05) is 5.75 Å². The van der Waals surface area contributed by atoms with Crippen molar-refractivity contribution in [1.29, 1.82) is 0 Å². The Morgan fingerprint density at radius 1 is 1.55 bits per heavy atom. The average molecular weight is 168 g/mol.